The number of anilines is 2. The summed E-state index contributed by atoms with van der Waals surface area (Å²) < 4.78 is 58.9. The van der Waals surface area contributed by atoms with Crippen molar-refractivity contribution in [3.05, 3.63) is 6.20 Å². The topological polar surface area (TPSA) is 131 Å². The second kappa shape index (κ2) is 9.69. The molecule has 3 fully saturated rings. The molecule has 200 valence electrons. The van der Waals surface area contributed by atoms with Gasteiger partial charge in [-0.1, -0.05) is 0 Å². The summed E-state index contributed by atoms with van der Waals surface area (Å²) in [5, 5.41) is 4.83. The van der Waals surface area contributed by atoms with Gasteiger partial charge in [0.1, 0.15) is 15.7 Å². The molecule has 2 aromatic rings. The Morgan fingerprint density at radius 3 is 2.42 bits per heavy atom. The van der Waals surface area contributed by atoms with Crippen LogP contribution >= 0.6 is 0 Å². The van der Waals surface area contributed by atoms with Crippen molar-refractivity contribution in [3.63, 3.8) is 0 Å². The van der Waals surface area contributed by atoms with E-state index < -0.39 is 25.1 Å². The maximum absolute atomic E-state index is 13.3. The van der Waals surface area contributed by atoms with Crippen LogP contribution in [0.3, 0.4) is 0 Å². The van der Waals surface area contributed by atoms with E-state index in [-0.39, 0.29) is 17.7 Å². The molecule has 0 spiro atoms. The first-order chi connectivity index (χ1) is 17.0. The lowest BCUT2D eigenvalue weighted by Crippen LogP contribution is -2.51. The van der Waals surface area contributed by atoms with E-state index in [2.05, 4.69) is 10.00 Å². The third kappa shape index (κ3) is 5.04. The summed E-state index contributed by atoms with van der Waals surface area (Å²) >= 11 is 0. The Morgan fingerprint density at radius 1 is 1.03 bits per heavy atom. The van der Waals surface area contributed by atoms with Gasteiger partial charge in [-0.2, -0.15) is 19.4 Å². The first-order valence-electron chi connectivity index (χ1n) is 12.5. The molecule has 0 aliphatic carbocycles. The average molecular weight is 542 g/mol. The second-order valence-electron chi connectivity index (χ2n) is 10.4. The second-order valence-corrected chi connectivity index (χ2v) is 14.8. The summed E-state index contributed by atoms with van der Waals surface area (Å²) in [5.74, 6) is 1.44. The van der Waals surface area contributed by atoms with E-state index in [1.165, 1.54) is 6.26 Å². The van der Waals surface area contributed by atoms with E-state index in [4.69, 9.17) is 14.7 Å². The number of nitrogens with zero attached hydrogens (tertiary/aromatic N) is 7. The Balaban J connectivity index is 1.44. The van der Waals surface area contributed by atoms with Crippen LogP contribution in [0.4, 0.5) is 11.8 Å². The van der Waals surface area contributed by atoms with E-state index in [0.29, 0.717) is 70.5 Å². The van der Waals surface area contributed by atoms with Crippen molar-refractivity contribution in [1.29, 1.82) is 0 Å². The zero-order chi connectivity index (χ0) is 25.7. The number of sulfonamides is 1. The highest BCUT2D eigenvalue weighted by atomic mass is 32.2. The van der Waals surface area contributed by atoms with Crippen molar-refractivity contribution >= 4 is 42.7 Å². The van der Waals surface area contributed by atoms with Crippen LogP contribution in [0, 0.1) is 5.92 Å². The van der Waals surface area contributed by atoms with Gasteiger partial charge in [-0.05, 0) is 26.7 Å². The number of hydrogen-bond donors (Lipinski definition) is 0. The molecule has 0 N–H and O–H groups in total. The molecule has 5 rings (SSSR count). The van der Waals surface area contributed by atoms with Gasteiger partial charge in [0.15, 0.2) is 5.65 Å². The minimum absolute atomic E-state index is 0.0617. The number of aromatic nitrogens is 4. The van der Waals surface area contributed by atoms with E-state index in [9.17, 15) is 16.8 Å². The zero-order valence-corrected chi connectivity index (χ0v) is 22.7. The Kier molecular flexibility index (Phi) is 6.89. The molecule has 36 heavy (non-hydrogen) atoms. The number of sulfone groups is 1. The van der Waals surface area contributed by atoms with Crippen LogP contribution in [0.5, 0.6) is 0 Å². The predicted octanol–water partition coefficient (Wildman–Crippen LogP) is 0.519. The first-order valence-corrected chi connectivity index (χ1v) is 16.1. The highest BCUT2D eigenvalue weighted by Gasteiger charge is 2.38. The molecule has 3 saturated heterocycles. The van der Waals surface area contributed by atoms with Gasteiger partial charge in [0.25, 0.3) is 0 Å². The van der Waals surface area contributed by atoms with Gasteiger partial charge >= 0.3 is 0 Å². The van der Waals surface area contributed by atoms with Crippen molar-refractivity contribution in [2.24, 2.45) is 5.92 Å². The minimum Gasteiger partial charge on any atom is -0.379 e. The summed E-state index contributed by atoms with van der Waals surface area (Å²) in [5.41, 5.74) is 0.703. The Hall–Kier alpha value is -2.03. The molecule has 3 aliphatic rings. The molecule has 12 nitrogen and oxygen atoms in total. The Morgan fingerprint density at radius 2 is 1.75 bits per heavy atom. The molecule has 14 heteroatoms. The number of morpholine rings is 1. The van der Waals surface area contributed by atoms with Crippen LogP contribution in [0.25, 0.3) is 11.0 Å². The molecular weight excluding hydrogens is 506 g/mol. The standard InChI is InChI=1S/C22H35N7O5S2/c1-16(2)29-21-19(11-23-29)20(27-12-17(13-27)15-35(3,30)31)24-22(25-21)26-6-4-5-18(14-26)36(32,33)28-7-9-34-10-8-28/h11,16-18H,4-10,12-15H2,1-3H3. The zero-order valence-electron chi connectivity index (χ0n) is 21.1. The summed E-state index contributed by atoms with van der Waals surface area (Å²) in [7, 11) is -6.50. The summed E-state index contributed by atoms with van der Waals surface area (Å²) in [6.07, 6.45) is 4.37. The summed E-state index contributed by atoms with van der Waals surface area (Å²) in [6.45, 7) is 7.90. The minimum atomic E-state index is -3.45. The Labute approximate surface area is 212 Å². The molecular formula is C22H35N7O5S2. The molecule has 0 radical (unpaired) electrons. The first kappa shape index (κ1) is 25.6. The molecule has 1 unspecified atom stereocenters. The third-order valence-electron chi connectivity index (χ3n) is 7.12. The van der Waals surface area contributed by atoms with Gasteiger partial charge in [0, 0.05) is 57.5 Å². The van der Waals surface area contributed by atoms with Crippen LogP contribution in [0.15, 0.2) is 6.20 Å². The summed E-state index contributed by atoms with van der Waals surface area (Å²) in [4.78, 5) is 13.8. The van der Waals surface area contributed by atoms with Crippen LogP contribution in [-0.2, 0) is 24.6 Å². The lowest BCUT2D eigenvalue weighted by Gasteiger charge is -2.41. The van der Waals surface area contributed by atoms with Gasteiger partial charge in [-0.25, -0.2) is 21.5 Å². The number of piperidine rings is 1. The van der Waals surface area contributed by atoms with E-state index in [0.717, 1.165) is 17.6 Å². The average Bonchev–Trinajstić information content (AvgIpc) is 3.25. The largest absolute Gasteiger partial charge is 0.379 e. The maximum Gasteiger partial charge on any atom is 0.229 e. The predicted molar refractivity (Wildman–Crippen MR) is 138 cm³/mol. The lowest BCUT2D eigenvalue weighted by atomic mass is 10.0. The monoisotopic (exact) mass is 541 g/mol. The molecule has 0 bridgehead atoms. The molecule has 3 aliphatic heterocycles. The van der Waals surface area contributed by atoms with Crippen LogP contribution in [-0.4, -0.2) is 111 Å². The van der Waals surface area contributed by atoms with Crippen LogP contribution in [0.1, 0.15) is 32.7 Å². The molecule has 5 heterocycles. The molecule has 0 amide bonds. The maximum atomic E-state index is 13.3. The van der Waals surface area contributed by atoms with Gasteiger partial charge in [0.05, 0.1) is 35.8 Å². The normalized spacial score (nSPS) is 22.9. The van der Waals surface area contributed by atoms with Gasteiger partial charge in [0.2, 0.25) is 16.0 Å². The van der Waals surface area contributed by atoms with Crippen molar-refractivity contribution in [2.45, 2.75) is 38.0 Å². The summed E-state index contributed by atoms with van der Waals surface area (Å²) in [6, 6.07) is 0.0864. The SMILES string of the molecule is CC(C)n1ncc2c(N3CC(CS(C)(=O)=O)C3)nc(N3CCCC(S(=O)(=O)N4CCOCC4)C3)nc21. The lowest BCUT2D eigenvalue weighted by molar-refractivity contribution is 0.0725. The number of rotatable bonds is 7. The van der Waals surface area contributed by atoms with Crippen molar-refractivity contribution in [2.75, 3.05) is 74.3 Å². The van der Waals surface area contributed by atoms with E-state index >= 15 is 0 Å². The highest BCUT2D eigenvalue weighted by Crippen LogP contribution is 2.34. The molecule has 2 aromatic heterocycles. The quantitative estimate of drug-likeness (QED) is 0.489. The number of fused-ring (bicyclic) bond motifs is 1. The third-order valence-corrected chi connectivity index (χ3v) is 10.5. The highest BCUT2D eigenvalue weighted by molar-refractivity contribution is 7.90. The van der Waals surface area contributed by atoms with Crippen molar-refractivity contribution < 1.29 is 21.6 Å². The fourth-order valence-corrected chi connectivity index (χ4v) is 8.29. The van der Waals surface area contributed by atoms with Gasteiger partial charge < -0.3 is 14.5 Å². The van der Waals surface area contributed by atoms with Crippen LogP contribution < -0.4 is 9.80 Å². The van der Waals surface area contributed by atoms with Crippen molar-refractivity contribution in [1.82, 2.24) is 24.1 Å². The molecule has 1 atom stereocenters. The fraction of sp³-hybridized carbons (Fsp3) is 0.773. The van der Waals surface area contributed by atoms with Crippen molar-refractivity contribution in [3.8, 4) is 0 Å². The van der Waals surface area contributed by atoms with Crippen LogP contribution in [0.2, 0.25) is 0 Å². The van der Waals surface area contributed by atoms with Gasteiger partial charge in [-0.3, -0.25) is 0 Å². The molecule has 0 saturated carbocycles. The fourth-order valence-electron chi connectivity index (χ4n) is 5.31. The Bertz CT molecular complexity index is 1320. The smallest absolute Gasteiger partial charge is 0.229 e. The van der Waals surface area contributed by atoms with E-state index in [1.54, 1.807) is 10.5 Å². The number of ether oxygens (including phenoxy) is 1. The number of hydrogen-bond acceptors (Lipinski definition) is 10. The van der Waals surface area contributed by atoms with E-state index in [1.807, 2.05) is 23.4 Å². The molecule has 0 aromatic carbocycles. The van der Waals surface area contributed by atoms with Gasteiger partial charge in [-0.15, -0.1) is 0 Å².